The number of tetrazole rings is 1. The first-order valence-corrected chi connectivity index (χ1v) is 21.9. The summed E-state index contributed by atoms with van der Waals surface area (Å²) in [6.45, 7) is 11.3. The Morgan fingerprint density at radius 3 is 2.33 bits per heavy atom. The first kappa shape index (κ1) is 47.6. The molecule has 1 amide bonds. The molecule has 4 aliphatic rings. The number of cyclic esters (lactones) is 1. The van der Waals surface area contributed by atoms with Crippen molar-refractivity contribution in [1.82, 2.24) is 25.5 Å². The Morgan fingerprint density at radius 1 is 0.983 bits per heavy atom. The van der Waals surface area contributed by atoms with E-state index in [0.29, 0.717) is 49.9 Å². The number of piperidine rings is 1. The number of carbonyl (C=O) groups excluding carboxylic acids is 4. The number of Topliss-reactive ketones (excluding diaryl/α,β-unsaturated/α-hetero) is 2. The molecule has 14 unspecified atom stereocenters. The lowest BCUT2D eigenvalue weighted by Crippen LogP contribution is -2.64. The maximum absolute atomic E-state index is 14.4. The molecular formula is C44H69N5O11. The quantitative estimate of drug-likeness (QED) is 0.197. The van der Waals surface area contributed by atoms with Crippen molar-refractivity contribution in [3.05, 3.63) is 29.1 Å². The molecule has 2 bridgehead atoms. The minimum Gasteiger partial charge on any atom is -0.456 e. The fraction of sp³-hybridized carbons (Fsp3) is 0.795. The van der Waals surface area contributed by atoms with Gasteiger partial charge in [-0.25, -0.2) is 9.89 Å². The Balaban J connectivity index is 1.51. The number of nitrogens with zero attached hydrogens (tertiary/aromatic N) is 4. The minimum absolute atomic E-state index is 0.0209. The van der Waals surface area contributed by atoms with Crippen molar-refractivity contribution in [2.45, 2.75) is 167 Å². The van der Waals surface area contributed by atoms with Crippen LogP contribution in [0.4, 0.5) is 0 Å². The third-order valence-electron chi connectivity index (χ3n) is 13.6. The average Bonchev–Trinajstić information content (AvgIpc) is 3.78. The SMILES string of the molecule is CCC1/C=C(/C)CC(C)CC(OC)C2OC(O)(C(=O)C(=O)N3CCCCC3C(=O)OC(/C(C)=C/C3CCC(c4nnn[nH]4)C(OC)C3)C(C)C(O)CC1=O)C(C)CC2OC. The van der Waals surface area contributed by atoms with E-state index in [1.807, 2.05) is 26.8 Å². The molecule has 0 aromatic carbocycles. The van der Waals surface area contributed by atoms with Crippen molar-refractivity contribution in [2.24, 2.45) is 29.6 Å². The molecule has 4 heterocycles. The van der Waals surface area contributed by atoms with Crippen LogP contribution in [-0.4, -0.2) is 136 Å². The number of carbonyl (C=O) groups is 4. The summed E-state index contributed by atoms with van der Waals surface area (Å²) >= 11 is 0. The van der Waals surface area contributed by atoms with Crippen LogP contribution >= 0.6 is 0 Å². The predicted octanol–water partition coefficient (Wildman–Crippen LogP) is 4.41. The molecule has 5 rings (SSSR count). The maximum Gasteiger partial charge on any atom is 0.329 e. The number of aliphatic hydroxyl groups is 2. The monoisotopic (exact) mass is 843 g/mol. The topological polar surface area (TPSA) is 213 Å². The number of hydrogen-bond donors (Lipinski definition) is 3. The van der Waals surface area contributed by atoms with Crippen molar-refractivity contribution in [3.63, 3.8) is 0 Å². The molecule has 3 aliphatic heterocycles. The molecule has 2 saturated heterocycles. The highest BCUT2D eigenvalue weighted by molar-refractivity contribution is 6.39. The van der Waals surface area contributed by atoms with Crippen LogP contribution in [0.2, 0.25) is 0 Å². The van der Waals surface area contributed by atoms with Crippen LogP contribution in [0.25, 0.3) is 0 Å². The summed E-state index contributed by atoms with van der Waals surface area (Å²) in [5.74, 6) is -6.83. The summed E-state index contributed by atoms with van der Waals surface area (Å²) in [4.78, 5) is 58.1. The molecule has 3 N–H and O–H groups in total. The van der Waals surface area contributed by atoms with Crippen LogP contribution in [0.5, 0.6) is 0 Å². The molecule has 16 heteroatoms. The van der Waals surface area contributed by atoms with Crippen LogP contribution in [0, 0.1) is 29.6 Å². The second kappa shape index (κ2) is 21.1. The highest BCUT2D eigenvalue weighted by Crippen LogP contribution is 2.40. The molecule has 1 aromatic rings. The second-order valence-corrected chi connectivity index (χ2v) is 18.0. The van der Waals surface area contributed by atoms with E-state index in [4.69, 9.17) is 23.7 Å². The number of ketones is 2. The number of aromatic nitrogens is 4. The normalized spacial score (nSPS) is 39.6. The summed E-state index contributed by atoms with van der Waals surface area (Å²) in [7, 11) is 4.72. The first-order valence-electron chi connectivity index (χ1n) is 21.9. The van der Waals surface area contributed by atoms with E-state index in [2.05, 4.69) is 33.6 Å². The number of fused-ring (bicyclic) bond motifs is 3. The van der Waals surface area contributed by atoms with Gasteiger partial charge in [0.25, 0.3) is 11.7 Å². The maximum atomic E-state index is 14.4. The van der Waals surface area contributed by atoms with Gasteiger partial charge >= 0.3 is 5.97 Å². The molecule has 1 aliphatic carbocycles. The van der Waals surface area contributed by atoms with E-state index in [0.717, 1.165) is 18.4 Å². The number of H-pyrrole nitrogens is 1. The molecule has 14 atom stereocenters. The Hall–Kier alpha value is -3.41. The zero-order valence-corrected chi connectivity index (χ0v) is 37.0. The number of aromatic amines is 1. The van der Waals surface area contributed by atoms with Crippen molar-refractivity contribution in [3.8, 4) is 0 Å². The van der Waals surface area contributed by atoms with Crippen LogP contribution < -0.4 is 0 Å². The average molecular weight is 844 g/mol. The number of allylic oxidation sites excluding steroid dienone is 3. The van der Waals surface area contributed by atoms with Gasteiger partial charge in [-0.15, -0.1) is 5.10 Å². The zero-order valence-electron chi connectivity index (χ0n) is 37.0. The Kier molecular flexibility index (Phi) is 16.8. The zero-order chi connectivity index (χ0) is 43.9. The van der Waals surface area contributed by atoms with Crippen LogP contribution in [0.15, 0.2) is 23.3 Å². The van der Waals surface area contributed by atoms with Crippen LogP contribution in [-0.2, 0) is 42.9 Å². The van der Waals surface area contributed by atoms with Gasteiger partial charge in [-0.2, -0.15) is 0 Å². The predicted molar refractivity (Wildman–Crippen MR) is 219 cm³/mol. The summed E-state index contributed by atoms with van der Waals surface area (Å²) in [6.07, 6.45) is 4.90. The fourth-order valence-corrected chi connectivity index (χ4v) is 10.1. The Morgan fingerprint density at radius 2 is 1.68 bits per heavy atom. The van der Waals surface area contributed by atoms with E-state index in [9.17, 15) is 29.4 Å². The smallest absolute Gasteiger partial charge is 0.329 e. The molecule has 60 heavy (non-hydrogen) atoms. The van der Waals surface area contributed by atoms with Gasteiger partial charge in [-0.1, -0.05) is 45.4 Å². The molecule has 336 valence electrons. The summed E-state index contributed by atoms with van der Waals surface area (Å²) < 4.78 is 30.2. The van der Waals surface area contributed by atoms with E-state index < -0.39 is 77.8 Å². The van der Waals surface area contributed by atoms with E-state index in [-0.39, 0.29) is 55.4 Å². The van der Waals surface area contributed by atoms with Crippen LogP contribution in [0.3, 0.4) is 0 Å². The second-order valence-electron chi connectivity index (χ2n) is 18.0. The van der Waals surface area contributed by atoms with Gasteiger partial charge < -0.3 is 38.8 Å². The lowest BCUT2D eigenvalue weighted by molar-refractivity contribution is -0.302. The third-order valence-corrected chi connectivity index (χ3v) is 13.6. The largest absolute Gasteiger partial charge is 0.456 e. The number of hydrogen-bond acceptors (Lipinski definition) is 14. The van der Waals surface area contributed by atoms with Crippen molar-refractivity contribution < 1.29 is 53.1 Å². The first-order chi connectivity index (χ1) is 28.6. The number of rotatable bonds is 7. The third kappa shape index (κ3) is 10.8. The highest BCUT2D eigenvalue weighted by Gasteiger charge is 2.56. The molecule has 0 radical (unpaired) electrons. The van der Waals surface area contributed by atoms with Crippen molar-refractivity contribution in [2.75, 3.05) is 27.9 Å². The minimum atomic E-state index is -2.50. The molecule has 16 nitrogen and oxygen atoms in total. The van der Waals surface area contributed by atoms with E-state index >= 15 is 0 Å². The van der Waals surface area contributed by atoms with Gasteiger partial charge in [0, 0.05) is 58.0 Å². The lowest BCUT2D eigenvalue weighted by atomic mass is 9.77. The number of amides is 1. The summed E-state index contributed by atoms with van der Waals surface area (Å²) in [5, 5.41) is 38.3. The molecule has 0 spiro atoms. The van der Waals surface area contributed by atoms with E-state index in [1.54, 1.807) is 21.0 Å². The molecule has 1 aromatic heterocycles. The van der Waals surface area contributed by atoms with Crippen molar-refractivity contribution in [1.29, 1.82) is 0 Å². The van der Waals surface area contributed by atoms with Gasteiger partial charge in [0.1, 0.15) is 24.0 Å². The Bertz CT molecular complexity index is 1690. The fourth-order valence-electron chi connectivity index (χ4n) is 10.1. The van der Waals surface area contributed by atoms with Gasteiger partial charge in [0.15, 0.2) is 5.82 Å². The number of esters is 1. The molecule has 3 fully saturated rings. The number of ether oxygens (including phenoxy) is 5. The highest BCUT2D eigenvalue weighted by atomic mass is 16.7. The van der Waals surface area contributed by atoms with Crippen LogP contribution in [0.1, 0.15) is 124 Å². The van der Waals surface area contributed by atoms with Gasteiger partial charge in [-0.05, 0) is 106 Å². The van der Waals surface area contributed by atoms with Gasteiger partial charge in [-0.3, -0.25) is 14.4 Å². The molecular weight excluding hydrogens is 775 g/mol. The Labute approximate surface area is 354 Å². The van der Waals surface area contributed by atoms with Crippen molar-refractivity contribution >= 4 is 23.4 Å². The van der Waals surface area contributed by atoms with Gasteiger partial charge in [0.05, 0.1) is 24.4 Å². The van der Waals surface area contributed by atoms with Gasteiger partial charge in [0.2, 0.25) is 5.79 Å². The summed E-state index contributed by atoms with van der Waals surface area (Å²) in [5.41, 5.74) is 1.68. The lowest BCUT2D eigenvalue weighted by Gasteiger charge is -2.47. The number of aliphatic hydroxyl groups excluding tert-OH is 1. The number of nitrogens with one attached hydrogen (secondary N) is 1. The summed E-state index contributed by atoms with van der Waals surface area (Å²) in [6, 6.07) is -1.13. The number of methoxy groups -OCH3 is 3. The van der Waals surface area contributed by atoms with E-state index in [1.165, 1.54) is 19.1 Å². The standard InChI is InChI=1S/C44H69N5O11/c1-10-30-18-24(2)17-25(3)19-36(57-8)39-37(58-9)21-27(5)44(55,60-39)40(52)42(53)49-16-12-11-13-32(49)43(54)59-38(28(6)33(50)23-34(30)51)26(4)20-29-14-15-31(35(22-29)56-7)41-45-47-48-46-41/h18,20,25,27-33,35-39,50,55H,10-17,19,21-23H2,1-9H3,(H,45,46,47,48)/b24-18-,26-20+. The molecule has 1 saturated carbocycles.